The van der Waals surface area contributed by atoms with Crippen molar-refractivity contribution in [3.8, 4) is 0 Å². The first-order chi connectivity index (χ1) is 53.6. The Labute approximate surface area is 675 Å². The van der Waals surface area contributed by atoms with Crippen LogP contribution >= 0.6 is 11.3 Å². The fourth-order valence-corrected chi connectivity index (χ4v) is 18.0. The predicted molar refractivity (Wildman–Crippen MR) is 435 cm³/mol. The van der Waals surface area contributed by atoms with Gasteiger partial charge in [0.15, 0.2) is 0 Å². The van der Waals surface area contributed by atoms with Crippen molar-refractivity contribution >= 4 is 58.2 Å². The highest BCUT2D eigenvalue weighted by molar-refractivity contribution is 7.11. The summed E-state index contributed by atoms with van der Waals surface area (Å²) in [7, 11) is 1.58. The largest absolute Gasteiger partial charge is 0.460 e. The van der Waals surface area contributed by atoms with Gasteiger partial charge >= 0.3 is 11.9 Å². The molecule has 2 amide bonds. The molecule has 0 aromatic carbocycles. The second kappa shape index (κ2) is 43.1. The van der Waals surface area contributed by atoms with E-state index in [-0.39, 0.29) is 130 Å². The van der Waals surface area contributed by atoms with Crippen molar-refractivity contribution in [1.29, 1.82) is 0 Å². The zero-order chi connectivity index (χ0) is 82.6. The van der Waals surface area contributed by atoms with Crippen LogP contribution in [0, 0.1) is 65.1 Å². The maximum Gasteiger partial charge on any atom is 0.329 e. The van der Waals surface area contributed by atoms with Gasteiger partial charge in [0.05, 0.1) is 37.1 Å². The van der Waals surface area contributed by atoms with Crippen molar-refractivity contribution in [2.75, 3.05) is 20.2 Å². The minimum Gasteiger partial charge on any atom is -0.460 e. The number of carbonyl (C=O) groups is 8. The third-order valence-electron chi connectivity index (χ3n) is 25.2. The van der Waals surface area contributed by atoms with Gasteiger partial charge in [-0.15, -0.1) is 11.3 Å². The predicted octanol–water partition coefficient (Wildman–Crippen LogP) is 13.7. The summed E-state index contributed by atoms with van der Waals surface area (Å²) in [4.78, 5) is 125. The van der Waals surface area contributed by atoms with Gasteiger partial charge < -0.3 is 59.0 Å². The Morgan fingerprint density at radius 1 is 0.593 bits per heavy atom. The van der Waals surface area contributed by atoms with Crippen LogP contribution in [-0.4, -0.2) is 174 Å². The second-order valence-corrected chi connectivity index (χ2v) is 35.9. The maximum atomic E-state index is 15.0. The summed E-state index contributed by atoms with van der Waals surface area (Å²) >= 11 is 1.45. The molecule has 8 rings (SSSR count). The normalized spacial score (nSPS) is 34.7. The summed E-state index contributed by atoms with van der Waals surface area (Å²) in [6.07, 6.45) is 22.9. The quantitative estimate of drug-likeness (QED) is 0.0838. The number of allylic oxidation sites excluding steroid dienone is 7. The molecule has 2 aromatic heterocycles. The van der Waals surface area contributed by atoms with Crippen LogP contribution in [0.25, 0.3) is 0 Å². The standard InChI is InChI=1S/C91H133N3O18S/c1-55-22-15-16-25-58(4)59(5)28-33-71-34-31-66(12)90(106,111-71)84(100)86(102)93-42-19-17-26-75(93)88(104)109-81(38-29-60(6)77(96)52-79(98)62(8)44-55)64(10)47-68-40-41-92-70(49-68)50-69-46-57(3)24-21-23-56(2)45-63(9)80(99)53-78(97)61(7)30-39-82(65(11)48-73-36-37-74(54-95)113-73)110-89(105)76-27-18-20-43-94(76)87(103)85(101)91(107)67(13)32-35-72(112-91)51-83(69)108-14/h15-16,21-23,25,29-30,36-37,40-41,46,49,55-59,62-67,71-72,75-78,81-83,95-97,106-107H,17-20,24,26-28,31-35,38-39,42-45,47-48,50-54H2,1-14H3. The average molecular weight is 1590 g/mol. The molecule has 8 heterocycles. The van der Waals surface area contributed by atoms with Gasteiger partial charge in [-0.05, 0) is 211 Å². The van der Waals surface area contributed by atoms with Crippen LogP contribution in [0.5, 0.6) is 0 Å². The molecule has 6 aliphatic heterocycles. The summed E-state index contributed by atoms with van der Waals surface area (Å²) in [6, 6.07) is 5.33. The number of ether oxygens (including phenoxy) is 5. The third kappa shape index (κ3) is 25.5. The Morgan fingerprint density at radius 3 is 1.64 bits per heavy atom. The first kappa shape index (κ1) is 92.0. The number of methoxy groups -OCH3 is 1. The molecule has 6 aliphatic rings. The highest BCUT2D eigenvalue weighted by Gasteiger charge is 2.55. The number of thiophene rings is 1. The molecule has 21 nitrogen and oxygen atoms in total. The minimum atomic E-state index is -2.57. The number of hydrogen-bond donors (Lipinski definition) is 5. The molecule has 0 spiro atoms. The van der Waals surface area contributed by atoms with E-state index in [0.29, 0.717) is 107 Å². The third-order valence-corrected chi connectivity index (χ3v) is 26.3. The topological polar surface area (TPSA) is 303 Å². The number of hydrogen-bond acceptors (Lipinski definition) is 20. The van der Waals surface area contributed by atoms with E-state index >= 15 is 0 Å². The second-order valence-electron chi connectivity index (χ2n) is 34.7. The molecule has 4 bridgehead atoms. The van der Waals surface area contributed by atoms with E-state index in [1.165, 1.54) is 21.1 Å². The van der Waals surface area contributed by atoms with Crippen molar-refractivity contribution in [2.24, 2.45) is 65.1 Å². The fourth-order valence-electron chi connectivity index (χ4n) is 17.0. The Balaban J connectivity index is 1.08. The van der Waals surface area contributed by atoms with Gasteiger partial charge in [-0.2, -0.15) is 0 Å². The van der Waals surface area contributed by atoms with E-state index in [0.717, 1.165) is 27.3 Å². The van der Waals surface area contributed by atoms with Gasteiger partial charge in [-0.25, -0.2) is 9.59 Å². The van der Waals surface area contributed by atoms with E-state index in [1.54, 1.807) is 53.2 Å². The number of amides is 2. The zero-order valence-electron chi connectivity index (χ0n) is 69.8. The molecule has 5 N–H and O–H groups in total. The monoisotopic (exact) mass is 1590 g/mol. The number of pyridine rings is 1. The van der Waals surface area contributed by atoms with Gasteiger partial charge in [0, 0.05) is 104 Å². The molecular formula is C91H133N3O18S. The Hall–Kier alpha value is -6.47. The van der Waals surface area contributed by atoms with Crippen molar-refractivity contribution in [2.45, 2.75) is 311 Å². The maximum absolute atomic E-state index is 15.0. The lowest BCUT2D eigenvalue weighted by atomic mass is 9.84. The Morgan fingerprint density at radius 2 is 1.10 bits per heavy atom. The smallest absolute Gasteiger partial charge is 0.329 e. The van der Waals surface area contributed by atoms with Crippen LogP contribution in [0.3, 0.4) is 0 Å². The van der Waals surface area contributed by atoms with E-state index in [4.69, 9.17) is 28.7 Å². The van der Waals surface area contributed by atoms with E-state index < -0.39 is 119 Å². The summed E-state index contributed by atoms with van der Waals surface area (Å²) in [6.45, 7) is 25.1. The van der Waals surface area contributed by atoms with Crippen LogP contribution in [0.4, 0.5) is 0 Å². The van der Waals surface area contributed by atoms with Gasteiger partial charge in [-0.3, -0.25) is 33.8 Å². The van der Waals surface area contributed by atoms with Crippen LogP contribution in [0.15, 0.2) is 102 Å². The molecule has 2 aromatic rings. The molecule has 0 saturated carbocycles. The van der Waals surface area contributed by atoms with Crippen LogP contribution < -0.4 is 0 Å². The Kier molecular flexibility index (Phi) is 35.1. The fraction of sp³-hybridized carbons (Fsp3) is 0.681. The molecule has 22 atom stereocenters. The number of piperidine rings is 2. The molecule has 22 unspecified atom stereocenters. The van der Waals surface area contributed by atoms with Crippen LogP contribution in [0.1, 0.15) is 239 Å². The molecule has 4 fully saturated rings. The molecule has 113 heavy (non-hydrogen) atoms. The number of aliphatic hydroxyl groups is 5. The van der Waals surface area contributed by atoms with Gasteiger partial charge in [-0.1, -0.05) is 131 Å². The summed E-state index contributed by atoms with van der Waals surface area (Å²) in [5, 5.41) is 57.8. The molecule has 0 radical (unpaired) electrons. The number of cyclic esters (lactones) is 2. The van der Waals surface area contributed by atoms with Crippen molar-refractivity contribution in [3.63, 3.8) is 0 Å². The number of Topliss-reactive ketones (excluding diaryl/α,β-unsaturated/α-hetero) is 4. The highest BCUT2D eigenvalue weighted by atomic mass is 32.1. The first-order valence-electron chi connectivity index (χ1n) is 42.2. The number of fused-ring (bicyclic) bond motifs is 6. The molecular weight excluding hydrogens is 1460 g/mol. The lowest BCUT2D eigenvalue weighted by Crippen LogP contribution is -2.61. The summed E-state index contributed by atoms with van der Waals surface area (Å²) < 4.78 is 32.1. The van der Waals surface area contributed by atoms with Crippen LogP contribution in [0.2, 0.25) is 0 Å². The van der Waals surface area contributed by atoms with Gasteiger partial charge in [0.2, 0.25) is 11.6 Å². The van der Waals surface area contributed by atoms with E-state index in [2.05, 4.69) is 65.0 Å². The van der Waals surface area contributed by atoms with E-state index in [1.807, 2.05) is 64.1 Å². The van der Waals surface area contributed by atoms with E-state index in [9.17, 15) is 63.9 Å². The number of nitrogens with zero attached hydrogens (tertiary/aromatic N) is 3. The molecule has 22 heteroatoms. The molecule has 4 saturated heterocycles. The minimum absolute atomic E-state index is 0.000550. The molecule has 0 aliphatic carbocycles. The molecule has 626 valence electrons. The highest BCUT2D eigenvalue weighted by Crippen LogP contribution is 2.40. The lowest BCUT2D eigenvalue weighted by molar-refractivity contribution is -0.265. The number of ketones is 4. The SMILES string of the molecule is COC1CC2CCC(C)C(O)(O2)C(=O)C(=O)N2CCCCC2C(=O)OC(C(C)Cc2ccc(CO)s2)CC=C(C)C(O)CC(=O)C(C)CC(C)C=CCC(C)C=C1Cc1cc(CC(C)C2CC=C(C)C(O)CC(=O)C(C)CC(C)C=CC=CC(C)C(C)CCC3CCC(C)C(O)(O3)C(=O)C(=O)N3CCCCC3C(=O)O2)ccn1. The van der Waals surface area contributed by atoms with Crippen LogP contribution in [-0.2, 0) is 87.9 Å². The number of rotatable bonds is 10. The first-order valence-corrected chi connectivity index (χ1v) is 43.0. The van der Waals surface area contributed by atoms with Crippen molar-refractivity contribution < 1.29 is 87.6 Å². The lowest BCUT2D eigenvalue weighted by Gasteiger charge is -2.43. The van der Waals surface area contributed by atoms with Crippen molar-refractivity contribution in [1.82, 2.24) is 14.8 Å². The number of esters is 2. The summed E-state index contributed by atoms with van der Waals surface area (Å²) in [5.41, 5.74) is 3.39. The number of carbonyl (C=O) groups excluding carboxylic acids is 8. The summed E-state index contributed by atoms with van der Waals surface area (Å²) in [5.74, 6) is -13.4. The zero-order valence-corrected chi connectivity index (χ0v) is 70.6. The Bertz CT molecular complexity index is 3740. The number of aliphatic hydroxyl groups excluding tert-OH is 3. The van der Waals surface area contributed by atoms with Gasteiger partial charge in [0.25, 0.3) is 23.4 Å². The average Bonchev–Trinajstić information content (AvgIpc) is 1.01. The van der Waals surface area contributed by atoms with Crippen molar-refractivity contribution in [3.05, 3.63) is 123 Å². The van der Waals surface area contributed by atoms with Gasteiger partial charge in [0.1, 0.15) is 35.9 Å². The number of aromatic nitrogens is 1.